The molecule has 0 saturated carbocycles. The SMILES string of the molecule is CC(OC(=O)Cc1coc2ccc3ccccc3c12)C(=O)N1CCCCCC1. The molecule has 2 heterocycles. The number of benzene rings is 2. The van der Waals surface area contributed by atoms with Crippen molar-refractivity contribution in [2.24, 2.45) is 0 Å². The van der Waals surface area contributed by atoms with E-state index in [0.717, 1.165) is 66.1 Å². The molecule has 0 aliphatic carbocycles. The summed E-state index contributed by atoms with van der Waals surface area (Å²) in [7, 11) is 0. The molecule has 2 aromatic carbocycles. The van der Waals surface area contributed by atoms with Crippen molar-refractivity contribution in [3.63, 3.8) is 0 Å². The summed E-state index contributed by atoms with van der Waals surface area (Å²) in [5.41, 5.74) is 1.53. The Balaban J connectivity index is 1.48. The highest BCUT2D eigenvalue weighted by Gasteiger charge is 2.25. The largest absolute Gasteiger partial charge is 0.464 e. The van der Waals surface area contributed by atoms with Crippen molar-refractivity contribution in [3.8, 4) is 0 Å². The van der Waals surface area contributed by atoms with Crippen molar-refractivity contribution in [1.82, 2.24) is 4.90 Å². The molecule has 1 aliphatic rings. The van der Waals surface area contributed by atoms with E-state index in [4.69, 9.17) is 9.15 Å². The van der Waals surface area contributed by atoms with Crippen molar-refractivity contribution in [1.29, 1.82) is 0 Å². The fraction of sp³-hybridized carbons (Fsp3) is 0.391. The van der Waals surface area contributed by atoms with Crippen LogP contribution >= 0.6 is 0 Å². The molecular formula is C23H25NO4. The van der Waals surface area contributed by atoms with E-state index in [9.17, 15) is 9.59 Å². The first-order chi connectivity index (χ1) is 13.6. The van der Waals surface area contributed by atoms with Gasteiger partial charge in [-0.25, -0.2) is 0 Å². The van der Waals surface area contributed by atoms with Gasteiger partial charge >= 0.3 is 5.97 Å². The molecule has 1 amide bonds. The van der Waals surface area contributed by atoms with Gasteiger partial charge in [0.2, 0.25) is 0 Å². The predicted octanol–water partition coefficient (Wildman–Crippen LogP) is 4.46. The molecule has 1 saturated heterocycles. The van der Waals surface area contributed by atoms with E-state index < -0.39 is 12.1 Å². The molecule has 0 spiro atoms. The van der Waals surface area contributed by atoms with E-state index in [-0.39, 0.29) is 12.3 Å². The molecule has 1 aliphatic heterocycles. The number of carbonyl (C=O) groups is 2. The zero-order chi connectivity index (χ0) is 19.5. The second-order valence-electron chi connectivity index (χ2n) is 7.47. The maximum atomic E-state index is 12.6. The van der Waals surface area contributed by atoms with Crippen LogP contribution in [0.4, 0.5) is 0 Å². The topological polar surface area (TPSA) is 59.8 Å². The third-order valence-electron chi connectivity index (χ3n) is 5.45. The molecule has 1 aromatic heterocycles. The molecule has 3 aromatic rings. The molecule has 5 heteroatoms. The van der Waals surface area contributed by atoms with Gasteiger partial charge in [-0.3, -0.25) is 9.59 Å². The number of amides is 1. The Kier molecular flexibility index (Phi) is 5.33. The van der Waals surface area contributed by atoms with E-state index in [0.29, 0.717) is 0 Å². The summed E-state index contributed by atoms with van der Waals surface area (Å²) in [6.07, 6.45) is 5.26. The lowest BCUT2D eigenvalue weighted by molar-refractivity contribution is -0.158. The van der Waals surface area contributed by atoms with Gasteiger partial charge in [-0.2, -0.15) is 0 Å². The zero-order valence-corrected chi connectivity index (χ0v) is 16.1. The molecule has 0 N–H and O–H groups in total. The highest BCUT2D eigenvalue weighted by atomic mass is 16.5. The van der Waals surface area contributed by atoms with Gasteiger partial charge in [0, 0.05) is 24.0 Å². The minimum Gasteiger partial charge on any atom is -0.464 e. The summed E-state index contributed by atoms with van der Waals surface area (Å²) in [6, 6.07) is 11.9. The first-order valence-corrected chi connectivity index (χ1v) is 9.99. The number of fused-ring (bicyclic) bond motifs is 3. The highest BCUT2D eigenvalue weighted by Crippen LogP contribution is 2.30. The average Bonchev–Trinajstić information content (AvgIpc) is 2.92. The Hall–Kier alpha value is -2.82. The maximum Gasteiger partial charge on any atom is 0.311 e. The number of likely N-dealkylation sites (tertiary alicyclic amines) is 1. The molecule has 0 radical (unpaired) electrons. The molecule has 4 rings (SSSR count). The van der Waals surface area contributed by atoms with Gasteiger partial charge < -0.3 is 14.1 Å². The Morgan fingerprint density at radius 1 is 1.07 bits per heavy atom. The molecule has 1 atom stereocenters. The number of esters is 1. The Bertz CT molecular complexity index is 998. The Labute approximate surface area is 164 Å². The van der Waals surface area contributed by atoms with Crippen LogP contribution in [-0.2, 0) is 20.7 Å². The molecule has 5 nitrogen and oxygen atoms in total. The smallest absolute Gasteiger partial charge is 0.311 e. The molecule has 0 bridgehead atoms. The normalized spacial score (nSPS) is 16.1. The standard InChI is InChI=1S/C23H25NO4/c1-16(23(26)24-12-6-2-3-7-13-24)28-21(25)14-18-15-27-20-11-10-17-8-4-5-9-19(17)22(18)20/h4-5,8-11,15-16H,2-3,6-7,12-14H2,1H3. The molecule has 1 unspecified atom stereocenters. The van der Waals surface area contributed by atoms with Gasteiger partial charge in [0.15, 0.2) is 6.10 Å². The first kappa shape index (κ1) is 18.5. The summed E-state index contributed by atoms with van der Waals surface area (Å²) in [5, 5.41) is 3.07. The molecule has 28 heavy (non-hydrogen) atoms. The van der Waals surface area contributed by atoms with Crippen LogP contribution in [-0.4, -0.2) is 36.0 Å². The van der Waals surface area contributed by atoms with Crippen LogP contribution in [0, 0.1) is 0 Å². The van der Waals surface area contributed by atoms with Crippen LogP contribution in [0.1, 0.15) is 38.2 Å². The van der Waals surface area contributed by atoms with Crippen LogP contribution in [0.15, 0.2) is 47.1 Å². The summed E-state index contributed by atoms with van der Waals surface area (Å²) in [5.74, 6) is -0.510. The number of furan rings is 1. The third-order valence-corrected chi connectivity index (χ3v) is 5.45. The number of carbonyl (C=O) groups excluding carboxylic acids is 2. The van der Waals surface area contributed by atoms with E-state index >= 15 is 0 Å². The summed E-state index contributed by atoms with van der Waals surface area (Å²) in [4.78, 5) is 27.0. The van der Waals surface area contributed by atoms with Crippen LogP contribution in [0.25, 0.3) is 21.7 Å². The van der Waals surface area contributed by atoms with Gasteiger partial charge in [-0.15, -0.1) is 0 Å². The Morgan fingerprint density at radius 3 is 2.61 bits per heavy atom. The fourth-order valence-corrected chi connectivity index (χ4v) is 4.00. The van der Waals surface area contributed by atoms with Crippen molar-refractivity contribution in [2.75, 3.05) is 13.1 Å². The quantitative estimate of drug-likeness (QED) is 0.628. The summed E-state index contributed by atoms with van der Waals surface area (Å²) < 4.78 is 11.1. The van der Waals surface area contributed by atoms with Crippen molar-refractivity contribution in [3.05, 3.63) is 48.2 Å². The summed E-state index contributed by atoms with van der Waals surface area (Å²) in [6.45, 7) is 3.16. The monoisotopic (exact) mass is 379 g/mol. The van der Waals surface area contributed by atoms with Crippen molar-refractivity contribution >= 4 is 33.6 Å². The summed E-state index contributed by atoms with van der Waals surface area (Å²) >= 11 is 0. The second-order valence-corrected chi connectivity index (χ2v) is 7.47. The van der Waals surface area contributed by atoms with E-state index in [1.807, 2.05) is 41.3 Å². The lowest BCUT2D eigenvalue weighted by atomic mass is 10.0. The van der Waals surface area contributed by atoms with Crippen molar-refractivity contribution in [2.45, 2.75) is 45.1 Å². The number of ether oxygens (including phenoxy) is 1. The van der Waals surface area contributed by atoms with Gasteiger partial charge in [0.1, 0.15) is 5.58 Å². The van der Waals surface area contributed by atoms with Gasteiger partial charge in [0.25, 0.3) is 5.91 Å². The minimum atomic E-state index is -0.763. The predicted molar refractivity (Wildman–Crippen MR) is 108 cm³/mol. The van der Waals surface area contributed by atoms with E-state index in [2.05, 4.69) is 0 Å². The molecule has 146 valence electrons. The second kappa shape index (κ2) is 8.05. The van der Waals surface area contributed by atoms with Crippen LogP contribution < -0.4 is 0 Å². The maximum absolute atomic E-state index is 12.6. The zero-order valence-electron chi connectivity index (χ0n) is 16.1. The average molecular weight is 379 g/mol. The first-order valence-electron chi connectivity index (χ1n) is 9.99. The Morgan fingerprint density at radius 2 is 1.82 bits per heavy atom. The minimum absolute atomic E-state index is 0.0820. The van der Waals surface area contributed by atoms with Crippen LogP contribution in [0.2, 0.25) is 0 Å². The molecular weight excluding hydrogens is 354 g/mol. The van der Waals surface area contributed by atoms with Crippen LogP contribution in [0.3, 0.4) is 0 Å². The van der Waals surface area contributed by atoms with Gasteiger partial charge in [-0.1, -0.05) is 43.2 Å². The van der Waals surface area contributed by atoms with Gasteiger partial charge in [-0.05, 0) is 36.6 Å². The van der Waals surface area contributed by atoms with E-state index in [1.54, 1.807) is 13.2 Å². The lowest BCUT2D eigenvalue weighted by Crippen LogP contribution is -2.40. The van der Waals surface area contributed by atoms with Crippen LogP contribution in [0.5, 0.6) is 0 Å². The highest BCUT2D eigenvalue weighted by molar-refractivity contribution is 6.08. The van der Waals surface area contributed by atoms with Gasteiger partial charge in [0.05, 0.1) is 12.7 Å². The number of hydrogen-bond donors (Lipinski definition) is 0. The molecule has 1 fully saturated rings. The number of rotatable bonds is 4. The van der Waals surface area contributed by atoms with Crippen molar-refractivity contribution < 1.29 is 18.7 Å². The van der Waals surface area contributed by atoms with E-state index in [1.165, 1.54) is 0 Å². The fourth-order valence-electron chi connectivity index (χ4n) is 4.00. The third kappa shape index (κ3) is 3.75. The number of hydrogen-bond acceptors (Lipinski definition) is 4. The lowest BCUT2D eigenvalue weighted by Gasteiger charge is -2.24. The number of nitrogens with zero attached hydrogens (tertiary/aromatic N) is 1.